The third-order valence-electron chi connectivity index (χ3n) is 5.41. The molecule has 6 nitrogen and oxygen atoms in total. The molecule has 0 aromatic heterocycles. The van der Waals surface area contributed by atoms with Crippen molar-refractivity contribution in [1.82, 2.24) is 5.32 Å². The number of rotatable bonds is 5. The van der Waals surface area contributed by atoms with Gasteiger partial charge in [0.2, 0.25) is 0 Å². The van der Waals surface area contributed by atoms with Crippen LogP contribution in [0, 0.1) is 17.8 Å². The average Bonchev–Trinajstić information content (AvgIpc) is 3.24. The van der Waals surface area contributed by atoms with Crippen molar-refractivity contribution in [2.24, 2.45) is 17.8 Å². The molecule has 0 saturated heterocycles. The van der Waals surface area contributed by atoms with Gasteiger partial charge in [-0.2, -0.15) is 0 Å². The van der Waals surface area contributed by atoms with Gasteiger partial charge in [0.1, 0.15) is 5.75 Å². The molecule has 2 bridgehead atoms. The molecule has 2 aliphatic carbocycles. The predicted octanol–water partition coefficient (Wildman–Crippen LogP) is 2.77. The first-order chi connectivity index (χ1) is 11.9. The van der Waals surface area contributed by atoms with Crippen LogP contribution in [0.25, 0.3) is 0 Å². The molecule has 2 saturated carbocycles. The monoisotopic (exact) mass is 349 g/mol. The van der Waals surface area contributed by atoms with Gasteiger partial charge in [-0.15, -0.1) is 0 Å². The second-order valence-electron chi connectivity index (χ2n) is 6.97. The number of carboxylic acid groups (broad SMARTS) is 2. The van der Waals surface area contributed by atoms with Crippen molar-refractivity contribution in [3.8, 4) is 5.75 Å². The molecule has 2 fully saturated rings. The average molecular weight is 349 g/mol. The SMILES string of the molecule is COc1ccc(CNC(C)C2CC3CCC2C3)cc1.O=C(O)C(=O)O. The first-order valence-electron chi connectivity index (χ1n) is 8.73. The van der Waals surface area contributed by atoms with Crippen molar-refractivity contribution in [3.63, 3.8) is 0 Å². The number of fused-ring (bicyclic) bond motifs is 2. The largest absolute Gasteiger partial charge is 0.497 e. The number of hydrogen-bond acceptors (Lipinski definition) is 4. The van der Waals surface area contributed by atoms with Crippen molar-refractivity contribution in [2.45, 2.75) is 45.2 Å². The Balaban J connectivity index is 0.000000326. The Morgan fingerprint density at radius 2 is 1.80 bits per heavy atom. The Bertz CT molecular complexity index is 574. The Labute approximate surface area is 148 Å². The lowest BCUT2D eigenvalue weighted by atomic mass is 9.84. The Kier molecular flexibility index (Phi) is 6.82. The summed E-state index contributed by atoms with van der Waals surface area (Å²) >= 11 is 0. The lowest BCUT2D eigenvalue weighted by molar-refractivity contribution is -0.159. The number of hydrogen-bond donors (Lipinski definition) is 3. The van der Waals surface area contributed by atoms with Crippen molar-refractivity contribution < 1.29 is 24.5 Å². The van der Waals surface area contributed by atoms with E-state index in [-0.39, 0.29) is 0 Å². The molecule has 0 aliphatic heterocycles. The van der Waals surface area contributed by atoms with Crippen LogP contribution in [0.15, 0.2) is 24.3 Å². The van der Waals surface area contributed by atoms with Crippen LogP contribution >= 0.6 is 0 Å². The van der Waals surface area contributed by atoms with E-state index in [1.165, 1.54) is 31.2 Å². The van der Waals surface area contributed by atoms with E-state index in [0.717, 1.165) is 30.0 Å². The van der Waals surface area contributed by atoms with E-state index in [1.807, 2.05) is 12.1 Å². The maximum absolute atomic E-state index is 9.10. The van der Waals surface area contributed by atoms with Gasteiger partial charge in [0.25, 0.3) is 0 Å². The number of aliphatic carboxylic acids is 2. The Morgan fingerprint density at radius 3 is 2.24 bits per heavy atom. The van der Waals surface area contributed by atoms with Crippen LogP contribution in [0.1, 0.15) is 38.2 Å². The van der Waals surface area contributed by atoms with Crippen LogP contribution in [0.3, 0.4) is 0 Å². The summed E-state index contributed by atoms with van der Waals surface area (Å²) in [5.41, 5.74) is 1.34. The van der Waals surface area contributed by atoms with E-state index in [4.69, 9.17) is 24.5 Å². The summed E-state index contributed by atoms with van der Waals surface area (Å²) in [6.07, 6.45) is 5.93. The third kappa shape index (κ3) is 5.46. The molecule has 1 aromatic carbocycles. The molecule has 3 rings (SSSR count). The molecule has 138 valence electrons. The first-order valence-corrected chi connectivity index (χ1v) is 8.73. The number of methoxy groups -OCH3 is 1. The van der Waals surface area contributed by atoms with E-state index in [2.05, 4.69) is 24.4 Å². The molecule has 6 heteroatoms. The zero-order valence-corrected chi connectivity index (χ0v) is 14.8. The van der Waals surface area contributed by atoms with Gasteiger partial charge in [-0.05, 0) is 61.6 Å². The smallest absolute Gasteiger partial charge is 0.414 e. The van der Waals surface area contributed by atoms with Gasteiger partial charge in [-0.3, -0.25) is 0 Å². The molecule has 1 aromatic rings. The number of carboxylic acids is 2. The first kappa shape index (κ1) is 19.2. The Morgan fingerprint density at radius 1 is 1.16 bits per heavy atom. The third-order valence-corrected chi connectivity index (χ3v) is 5.41. The fourth-order valence-electron chi connectivity index (χ4n) is 4.08. The number of nitrogens with one attached hydrogen (secondary N) is 1. The molecular formula is C19H27NO5. The summed E-state index contributed by atoms with van der Waals surface area (Å²) in [6.45, 7) is 3.34. The summed E-state index contributed by atoms with van der Waals surface area (Å²) in [7, 11) is 1.71. The molecule has 25 heavy (non-hydrogen) atoms. The van der Waals surface area contributed by atoms with Crippen LogP contribution < -0.4 is 10.1 Å². The number of benzene rings is 1. The maximum Gasteiger partial charge on any atom is 0.414 e. The minimum absolute atomic E-state index is 0.650. The van der Waals surface area contributed by atoms with Gasteiger partial charge in [-0.25, -0.2) is 9.59 Å². The van der Waals surface area contributed by atoms with E-state index >= 15 is 0 Å². The van der Waals surface area contributed by atoms with Gasteiger partial charge in [0, 0.05) is 12.6 Å². The summed E-state index contributed by atoms with van der Waals surface area (Å²) in [4.78, 5) is 18.2. The van der Waals surface area contributed by atoms with Gasteiger partial charge >= 0.3 is 11.9 Å². The normalized spacial score (nSPS) is 25.0. The minimum Gasteiger partial charge on any atom is -0.497 e. The Hall–Kier alpha value is -2.08. The summed E-state index contributed by atoms with van der Waals surface area (Å²) in [6, 6.07) is 9.04. The lowest BCUT2D eigenvalue weighted by Gasteiger charge is -2.28. The fourth-order valence-corrected chi connectivity index (χ4v) is 4.08. The molecule has 3 N–H and O–H groups in total. The van der Waals surface area contributed by atoms with Crippen LogP contribution in [-0.2, 0) is 16.1 Å². The van der Waals surface area contributed by atoms with Crippen LogP contribution in [0.4, 0.5) is 0 Å². The van der Waals surface area contributed by atoms with Gasteiger partial charge in [-0.1, -0.05) is 18.6 Å². The van der Waals surface area contributed by atoms with Crippen molar-refractivity contribution in [1.29, 1.82) is 0 Å². The highest BCUT2D eigenvalue weighted by atomic mass is 16.5. The second-order valence-corrected chi connectivity index (χ2v) is 6.97. The van der Waals surface area contributed by atoms with Crippen LogP contribution in [-0.4, -0.2) is 35.3 Å². The van der Waals surface area contributed by atoms with Crippen LogP contribution in [0.2, 0.25) is 0 Å². The zero-order valence-electron chi connectivity index (χ0n) is 14.8. The van der Waals surface area contributed by atoms with E-state index in [9.17, 15) is 0 Å². The van der Waals surface area contributed by atoms with Crippen molar-refractivity contribution in [3.05, 3.63) is 29.8 Å². The molecule has 4 unspecified atom stereocenters. The molecular weight excluding hydrogens is 322 g/mol. The maximum atomic E-state index is 9.10. The summed E-state index contributed by atoms with van der Waals surface area (Å²) < 4.78 is 5.19. The summed E-state index contributed by atoms with van der Waals surface area (Å²) in [5, 5.41) is 18.5. The van der Waals surface area contributed by atoms with Crippen molar-refractivity contribution in [2.75, 3.05) is 7.11 Å². The molecule has 0 amide bonds. The van der Waals surface area contributed by atoms with Gasteiger partial charge in [0.05, 0.1) is 7.11 Å². The summed E-state index contributed by atoms with van der Waals surface area (Å²) in [5.74, 6) is 0.246. The second kappa shape index (κ2) is 8.85. The minimum atomic E-state index is -1.82. The molecule has 0 radical (unpaired) electrons. The highest BCUT2D eigenvalue weighted by Gasteiger charge is 2.41. The molecule has 2 aliphatic rings. The van der Waals surface area contributed by atoms with E-state index in [0.29, 0.717) is 6.04 Å². The zero-order chi connectivity index (χ0) is 18.4. The predicted molar refractivity (Wildman–Crippen MR) is 93.5 cm³/mol. The van der Waals surface area contributed by atoms with Crippen molar-refractivity contribution >= 4 is 11.9 Å². The highest BCUT2D eigenvalue weighted by Crippen LogP contribution is 2.49. The van der Waals surface area contributed by atoms with E-state index < -0.39 is 11.9 Å². The molecule has 0 heterocycles. The van der Waals surface area contributed by atoms with Crippen LogP contribution in [0.5, 0.6) is 5.75 Å². The van der Waals surface area contributed by atoms with E-state index in [1.54, 1.807) is 7.11 Å². The molecule has 0 spiro atoms. The lowest BCUT2D eigenvalue weighted by Crippen LogP contribution is -2.35. The quantitative estimate of drug-likeness (QED) is 0.708. The van der Waals surface area contributed by atoms with Gasteiger partial charge in [0.15, 0.2) is 0 Å². The highest BCUT2D eigenvalue weighted by molar-refractivity contribution is 6.27. The number of carbonyl (C=O) groups is 2. The standard InChI is InChI=1S/C17H25NO.C2H2O4/c1-12(17-10-14-3-6-15(17)9-14)18-11-13-4-7-16(19-2)8-5-13;3-1(4)2(5)6/h4-5,7-8,12,14-15,17-18H,3,6,9-11H2,1-2H3;(H,3,4)(H,5,6). The topological polar surface area (TPSA) is 95.9 Å². The fraction of sp³-hybridized carbons (Fsp3) is 0.579. The number of ether oxygens (including phenoxy) is 1. The van der Waals surface area contributed by atoms with Gasteiger partial charge < -0.3 is 20.3 Å². The molecule has 4 atom stereocenters.